The van der Waals surface area contributed by atoms with Gasteiger partial charge in [0, 0.05) is 66.6 Å². The molecular weight excluding hydrogens is 721 g/mol. The monoisotopic (exact) mass is 817 g/mol. The van der Waals surface area contributed by atoms with Gasteiger partial charge in [-0.2, -0.15) is 0 Å². The van der Waals surface area contributed by atoms with Crippen molar-refractivity contribution in [3.8, 4) is 12.3 Å². The largest absolute Gasteiger partial charge is 0.389 e. The molecule has 0 amide bonds. The summed E-state index contributed by atoms with van der Waals surface area (Å²) in [5.74, 6) is 4.83. The minimum atomic E-state index is -0.0425. The second kappa shape index (κ2) is 29.0. The first-order valence-electron chi connectivity index (χ1n) is 23.4. The molecule has 0 aromatic rings. The zero-order chi connectivity index (χ0) is 45.3. The summed E-state index contributed by atoms with van der Waals surface area (Å²) in [6, 6.07) is 0.601. The van der Waals surface area contributed by atoms with E-state index in [4.69, 9.17) is 12.2 Å². The van der Waals surface area contributed by atoms with Crippen LogP contribution in [0.4, 0.5) is 0 Å². The van der Waals surface area contributed by atoms with Gasteiger partial charge in [0.2, 0.25) is 0 Å². The van der Waals surface area contributed by atoms with Crippen LogP contribution in [0.25, 0.3) is 0 Å². The zero-order valence-corrected chi connectivity index (χ0v) is 40.7. The Morgan fingerprint density at radius 3 is 1.95 bits per heavy atom. The van der Waals surface area contributed by atoms with Gasteiger partial charge in [0.25, 0.3) is 0 Å². The fraction of sp³-hybridized carbons (Fsp3) is 0.698. The minimum absolute atomic E-state index is 0.0406. The van der Waals surface area contributed by atoms with E-state index in [0.29, 0.717) is 36.3 Å². The predicted molar refractivity (Wildman–Crippen MR) is 265 cm³/mol. The van der Waals surface area contributed by atoms with E-state index in [-0.39, 0.29) is 23.5 Å². The fourth-order valence-corrected chi connectivity index (χ4v) is 8.59. The number of allylic oxidation sites excluding steroid dienone is 2. The smallest absolute Gasteiger partial charge is 0.0683 e. The summed E-state index contributed by atoms with van der Waals surface area (Å²) in [6.07, 6.45) is 24.3. The molecule has 338 valence electrons. The molecule has 0 spiro atoms. The lowest BCUT2D eigenvalue weighted by molar-refractivity contribution is 0.160. The van der Waals surface area contributed by atoms with Gasteiger partial charge < -0.3 is 31.9 Å². The molecule has 1 heterocycles. The Morgan fingerprint density at radius 1 is 0.915 bits per heavy atom. The van der Waals surface area contributed by atoms with Crippen LogP contribution in [0.1, 0.15) is 166 Å². The number of hydrogen-bond acceptors (Lipinski definition) is 6. The number of rotatable bonds is 20. The standard InChI is InChI=1S/C31H50N4.C10H19N.C10H21N.C2H6/c1-10-12-16-28(23(5)24(6)33-19-11-2)34-25(7)29-20-27(22(3)4)21-35(29)26(8)30(32)31(9)17-14-13-15-18-31;1-9(2)11-8-10-6-4-3-5-7-10;1-7-9(10(4,5)6)11-8(2)3;1-2/h1,11,22,27-30,33-34H,2,5-8,12-21,32H2,3-4,9H3;10-11H,1,3-8H2,2H3;9,11H,2,7H2,1,3-6H3;1-2H3/t27-,28?,29?,30?;;;/m1.../s1. The molecule has 5 atom stereocenters. The molecule has 2 saturated carbocycles. The van der Waals surface area contributed by atoms with Crippen LogP contribution in [0, 0.1) is 40.9 Å². The summed E-state index contributed by atoms with van der Waals surface area (Å²) in [5, 5.41) is 13.6. The number of nitrogens with two attached hydrogens (primary N) is 1. The Kier molecular flexibility index (Phi) is 27.4. The molecule has 59 heavy (non-hydrogen) atoms. The van der Waals surface area contributed by atoms with E-state index < -0.39 is 0 Å². The molecule has 3 fully saturated rings. The number of likely N-dealkylation sites (tertiary alicyclic amines) is 1. The Labute approximate surface area is 367 Å². The van der Waals surface area contributed by atoms with Gasteiger partial charge in [-0.1, -0.05) is 146 Å². The van der Waals surface area contributed by atoms with Crippen molar-refractivity contribution >= 4 is 0 Å². The lowest BCUT2D eigenvalue weighted by atomic mass is 9.70. The maximum atomic E-state index is 6.94. The molecule has 0 aromatic heterocycles. The van der Waals surface area contributed by atoms with E-state index in [2.05, 4.69) is 127 Å². The zero-order valence-electron chi connectivity index (χ0n) is 40.7. The third-order valence-corrected chi connectivity index (χ3v) is 12.6. The summed E-state index contributed by atoms with van der Waals surface area (Å²) in [7, 11) is 0. The highest BCUT2D eigenvalue weighted by Crippen LogP contribution is 2.43. The SMILES string of the molecule is C#CCCC(NC(=C)C1C[C@@H](C(C)C)CN1C(=C)C(N)C1(C)CCCCC1)C(=C)C(=C)NCC=C.C=C(C)NC(CC)C(C)(C)C.C=C(C)NCC1CCCCC1.CC. The van der Waals surface area contributed by atoms with E-state index in [1.54, 1.807) is 0 Å². The van der Waals surface area contributed by atoms with Crippen LogP contribution in [0.2, 0.25) is 0 Å². The predicted octanol–water partition coefficient (Wildman–Crippen LogP) is 12.5. The lowest BCUT2D eigenvalue weighted by Crippen LogP contribution is -2.49. The molecule has 0 aromatic carbocycles. The first-order valence-corrected chi connectivity index (χ1v) is 23.4. The molecular formula is C53H96N6. The molecule has 3 rings (SSSR count). The average Bonchev–Trinajstić information content (AvgIpc) is 3.67. The van der Waals surface area contributed by atoms with Crippen molar-refractivity contribution in [3.05, 3.63) is 86.2 Å². The number of hydrogen-bond donors (Lipinski definition) is 5. The van der Waals surface area contributed by atoms with E-state index in [0.717, 1.165) is 72.3 Å². The van der Waals surface area contributed by atoms with Crippen molar-refractivity contribution in [2.75, 3.05) is 19.6 Å². The van der Waals surface area contributed by atoms with E-state index in [9.17, 15) is 0 Å². The maximum absolute atomic E-state index is 6.94. The van der Waals surface area contributed by atoms with Crippen molar-refractivity contribution in [1.82, 2.24) is 26.2 Å². The van der Waals surface area contributed by atoms with Gasteiger partial charge in [0.15, 0.2) is 0 Å². The van der Waals surface area contributed by atoms with Gasteiger partial charge in [-0.3, -0.25) is 0 Å². The molecule has 6 heteroatoms. The van der Waals surface area contributed by atoms with Crippen LogP contribution in [-0.2, 0) is 0 Å². The molecule has 3 aliphatic rings. The molecule has 0 bridgehead atoms. The van der Waals surface area contributed by atoms with Crippen molar-refractivity contribution in [1.29, 1.82) is 0 Å². The summed E-state index contributed by atoms with van der Waals surface area (Å²) in [4.78, 5) is 2.44. The Morgan fingerprint density at radius 2 is 1.49 bits per heavy atom. The molecule has 4 unspecified atom stereocenters. The third kappa shape index (κ3) is 20.7. The van der Waals surface area contributed by atoms with Gasteiger partial charge in [0.05, 0.1) is 12.1 Å². The normalized spacial score (nSPS) is 20.2. The topological polar surface area (TPSA) is 77.4 Å². The summed E-state index contributed by atoms with van der Waals surface area (Å²) in [6.45, 7) is 55.7. The van der Waals surface area contributed by atoms with Crippen molar-refractivity contribution in [2.24, 2.45) is 34.3 Å². The highest BCUT2D eigenvalue weighted by Gasteiger charge is 2.42. The summed E-state index contributed by atoms with van der Waals surface area (Å²) in [5.41, 5.74) is 13.3. The maximum Gasteiger partial charge on any atom is 0.0683 e. The van der Waals surface area contributed by atoms with Gasteiger partial charge in [0.1, 0.15) is 0 Å². The Bertz CT molecular complexity index is 1330. The summed E-state index contributed by atoms with van der Waals surface area (Å²) < 4.78 is 0. The highest BCUT2D eigenvalue weighted by atomic mass is 15.2. The summed E-state index contributed by atoms with van der Waals surface area (Å²) >= 11 is 0. The van der Waals surface area contributed by atoms with E-state index >= 15 is 0 Å². The average molecular weight is 817 g/mol. The molecule has 0 radical (unpaired) electrons. The van der Waals surface area contributed by atoms with Crippen molar-refractivity contribution in [2.45, 2.75) is 190 Å². The van der Waals surface area contributed by atoms with E-state index in [1.807, 2.05) is 33.8 Å². The first kappa shape index (κ1) is 55.7. The Hall–Kier alpha value is -3.30. The van der Waals surface area contributed by atoms with Crippen LogP contribution in [0.5, 0.6) is 0 Å². The molecule has 2 aliphatic carbocycles. The van der Waals surface area contributed by atoms with Crippen LogP contribution in [0.3, 0.4) is 0 Å². The van der Waals surface area contributed by atoms with Gasteiger partial charge in [-0.05, 0) is 93.0 Å². The minimum Gasteiger partial charge on any atom is -0.389 e. The quantitative estimate of drug-likeness (QED) is 0.0479. The fourth-order valence-electron chi connectivity index (χ4n) is 8.59. The van der Waals surface area contributed by atoms with E-state index in [1.165, 1.54) is 64.2 Å². The molecule has 1 saturated heterocycles. The molecule has 6 N–H and O–H groups in total. The lowest BCUT2D eigenvalue weighted by Gasteiger charge is -2.43. The number of nitrogens with one attached hydrogen (secondary N) is 4. The number of nitrogens with zero attached hydrogens (tertiary/aromatic N) is 1. The van der Waals surface area contributed by atoms with Crippen molar-refractivity contribution < 1.29 is 0 Å². The Balaban J connectivity index is 0.00000113. The van der Waals surface area contributed by atoms with Crippen molar-refractivity contribution in [3.63, 3.8) is 0 Å². The second-order valence-corrected chi connectivity index (χ2v) is 19.1. The second-order valence-electron chi connectivity index (χ2n) is 19.1. The van der Waals surface area contributed by atoms with Crippen LogP contribution in [0.15, 0.2) is 86.2 Å². The number of terminal acetylenes is 1. The third-order valence-electron chi connectivity index (χ3n) is 12.6. The first-order chi connectivity index (χ1) is 27.7. The van der Waals surface area contributed by atoms with Gasteiger partial charge >= 0.3 is 0 Å². The van der Waals surface area contributed by atoms with Crippen LogP contribution < -0.4 is 27.0 Å². The van der Waals surface area contributed by atoms with Crippen LogP contribution >= 0.6 is 0 Å². The van der Waals surface area contributed by atoms with Gasteiger partial charge in [-0.25, -0.2) is 0 Å². The van der Waals surface area contributed by atoms with Crippen LogP contribution in [-0.4, -0.2) is 48.7 Å². The highest BCUT2D eigenvalue weighted by molar-refractivity contribution is 5.31. The van der Waals surface area contributed by atoms with Gasteiger partial charge in [-0.15, -0.1) is 18.9 Å². The molecule has 1 aliphatic heterocycles. The molecule has 6 nitrogen and oxygen atoms in total.